The van der Waals surface area contributed by atoms with Gasteiger partial charge in [-0.1, -0.05) is 47.7 Å². The number of anilines is 2. The first-order valence-electron chi connectivity index (χ1n) is 14.3. The lowest BCUT2D eigenvalue weighted by molar-refractivity contribution is -0.140. The predicted molar refractivity (Wildman–Crippen MR) is 173 cm³/mol. The molecule has 232 valence electrons. The lowest BCUT2D eigenvalue weighted by Gasteiger charge is -2.32. The number of methoxy groups -OCH3 is 3. The van der Waals surface area contributed by atoms with Crippen LogP contribution in [-0.2, 0) is 22.7 Å². The Bertz CT molecular complexity index is 1750. The number of fused-ring (bicyclic) bond motifs is 1. The highest BCUT2D eigenvalue weighted by atomic mass is 16.5. The van der Waals surface area contributed by atoms with Crippen LogP contribution in [0.5, 0.6) is 17.2 Å². The zero-order valence-corrected chi connectivity index (χ0v) is 25.9. The number of ether oxygens (including phenoxy) is 3. The van der Waals surface area contributed by atoms with Gasteiger partial charge < -0.3 is 29.3 Å². The summed E-state index contributed by atoms with van der Waals surface area (Å²) in [5, 5.41) is 11.5. The molecule has 5 aromatic rings. The molecule has 0 saturated carbocycles. The SMILES string of the molecule is COc1cc(C(C(=O)Nc2ccc(N(C)C)cc2)N(Cc2ccccc2)C(=O)Cn2nnc3ccccc32)cc(OC)c1OC. The zero-order chi connectivity index (χ0) is 31.9. The Morgan fingerprint density at radius 1 is 0.844 bits per heavy atom. The molecule has 1 aromatic heterocycles. The average Bonchev–Trinajstić information content (AvgIpc) is 3.47. The number of hydrogen-bond donors (Lipinski definition) is 1. The van der Waals surface area contributed by atoms with Crippen molar-refractivity contribution >= 4 is 34.2 Å². The fourth-order valence-electron chi connectivity index (χ4n) is 5.14. The fraction of sp³-hybridized carbons (Fsp3) is 0.235. The molecule has 1 atom stereocenters. The summed E-state index contributed by atoms with van der Waals surface area (Å²) < 4.78 is 18.3. The average molecular weight is 609 g/mol. The minimum absolute atomic E-state index is 0.140. The van der Waals surface area contributed by atoms with Crippen molar-refractivity contribution in [2.24, 2.45) is 0 Å². The largest absolute Gasteiger partial charge is 0.493 e. The van der Waals surface area contributed by atoms with Crippen LogP contribution in [0.25, 0.3) is 11.0 Å². The fourth-order valence-corrected chi connectivity index (χ4v) is 5.14. The molecular formula is C34H36N6O5. The lowest BCUT2D eigenvalue weighted by atomic mass is 10.0. The second-order valence-corrected chi connectivity index (χ2v) is 10.5. The number of nitrogens with zero attached hydrogens (tertiary/aromatic N) is 5. The Kier molecular flexibility index (Phi) is 9.47. The lowest BCUT2D eigenvalue weighted by Crippen LogP contribution is -2.42. The van der Waals surface area contributed by atoms with E-state index in [0.29, 0.717) is 39.5 Å². The molecule has 0 bridgehead atoms. The smallest absolute Gasteiger partial charge is 0.251 e. The Balaban J connectivity index is 1.62. The molecule has 0 aliphatic heterocycles. The molecule has 1 heterocycles. The summed E-state index contributed by atoms with van der Waals surface area (Å²) >= 11 is 0. The van der Waals surface area contributed by atoms with Gasteiger partial charge in [0, 0.05) is 32.0 Å². The van der Waals surface area contributed by atoms with E-state index in [9.17, 15) is 9.59 Å². The van der Waals surface area contributed by atoms with Crippen LogP contribution in [0.3, 0.4) is 0 Å². The molecule has 0 radical (unpaired) electrons. The molecule has 11 nitrogen and oxygen atoms in total. The van der Waals surface area contributed by atoms with E-state index in [1.165, 1.54) is 26.2 Å². The second-order valence-electron chi connectivity index (χ2n) is 10.5. The van der Waals surface area contributed by atoms with Gasteiger partial charge in [0.2, 0.25) is 11.7 Å². The maximum atomic E-state index is 14.4. The number of carbonyl (C=O) groups is 2. The minimum atomic E-state index is -1.10. The molecule has 5 rings (SSSR count). The molecular weight excluding hydrogens is 572 g/mol. The Hall–Kier alpha value is -5.58. The molecule has 0 aliphatic carbocycles. The molecule has 45 heavy (non-hydrogen) atoms. The normalized spacial score (nSPS) is 11.5. The van der Waals surface area contributed by atoms with E-state index in [2.05, 4.69) is 15.6 Å². The van der Waals surface area contributed by atoms with E-state index in [1.807, 2.05) is 97.9 Å². The first kappa shape index (κ1) is 30.9. The highest BCUT2D eigenvalue weighted by Gasteiger charge is 2.34. The van der Waals surface area contributed by atoms with E-state index in [4.69, 9.17) is 14.2 Å². The predicted octanol–water partition coefficient (Wildman–Crippen LogP) is 4.93. The second kappa shape index (κ2) is 13.8. The maximum absolute atomic E-state index is 14.4. The van der Waals surface area contributed by atoms with E-state index in [-0.39, 0.29) is 19.0 Å². The summed E-state index contributed by atoms with van der Waals surface area (Å²) in [6.45, 7) is -0.000297. The number of aromatic nitrogens is 3. The number of nitrogens with one attached hydrogen (secondary N) is 1. The van der Waals surface area contributed by atoms with Crippen LogP contribution in [0, 0.1) is 0 Å². The van der Waals surface area contributed by atoms with Gasteiger partial charge in [-0.05, 0) is 59.7 Å². The number of amides is 2. The standard InChI is InChI=1S/C34H36N6O5/c1-38(2)26-17-15-25(16-18-26)35-34(42)32(24-19-29(43-3)33(45-5)30(20-24)44-4)39(21-23-11-7-6-8-12-23)31(41)22-40-28-14-10-9-13-27(28)36-37-40/h6-20,32H,21-22H2,1-5H3,(H,35,42). The van der Waals surface area contributed by atoms with E-state index >= 15 is 0 Å². The number of carbonyl (C=O) groups excluding carboxylic acids is 2. The van der Waals surface area contributed by atoms with Crippen LogP contribution in [0.4, 0.5) is 11.4 Å². The third kappa shape index (κ3) is 6.82. The Labute approximate surface area is 261 Å². The Morgan fingerprint density at radius 3 is 2.11 bits per heavy atom. The van der Waals surface area contributed by atoms with Crippen molar-refractivity contribution in [3.8, 4) is 17.2 Å². The number of rotatable bonds is 12. The van der Waals surface area contributed by atoms with Crippen LogP contribution >= 0.6 is 0 Å². The molecule has 2 amide bonds. The van der Waals surface area contributed by atoms with Crippen LogP contribution in [0.1, 0.15) is 17.2 Å². The van der Waals surface area contributed by atoms with Crippen LogP contribution in [0.2, 0.25) is 0 Å². The van der Waals surface area contributed by atoms with Gasteiger partial charge in [0.15, 0.2) is 11.5 Å². The maximum Gasteiger partial charge on any atom is 0.251 e. The molecule has 0 fully saturated rings. The molecule has 0 aliphatic rings. The van der Waals surface area contributed by atoms with Crippen molar-refractivity contribution in [3.05, 3.63) is 102 Å². The van der Waals surface area contributed by atoms with Gasteiger partial charge in [0.05, 0.1) is 26.8 Å². The van der Waals surface area contributed by atoms with Gasteiger partial charge in [-0.25, -0.2) is 4.68 Å². The molecule has 1 N–H and O–H groups in total. The summed E-state index contributed by atoms with van der Waals surface area (Å²) in [7, 11) is 8.41. The van der Waals surface area contributed by atoms with Gasteiger partial charge >= 0.3 is 0 Å². The van der Waals surface area contributed by atoms with E-state index < -0.39 is 11.9 Å². The van der Waals surface area contributed by atoms with Gasteiger partial charge in [-0.15, -0.1) is 5.10 Å². The van der Waals surface area contributed by atoms with Crippen LogP contribution < -0.4 is 24.4 Å². The van der Waals surface area contributed by atoms with Crippen molar-refractivity contribution in [3.63, 3.8) is 0 Å². The topological polar surface area (TPSA) is 111 Å². The molecule has 1 unspecified atom stereocenters. The minimum Gasteiger partial charge on any atom is -0.493 e. The van der Waals surface area contributed by atoms with Crippen molar-refractivity contribution in [2.45, 2.75) is 19.1 Å². The van der Waals surface area contributed by atoms with Crippen molar-refractivity contribution < 1.29 is 23.8 Å². The molecule has 11 heteroatoms. The summed E-state index contributed by atoms with van der Waals surface area (Å²) in [4.78, 5) is 32.2. The zero-order valence-electron chi connectivity index (χ0n) is 25.9. The third-order valence-electron chi connectivity index (χ3n) is 7.44. The van der Waals surface area contributed by atoms with Crippen LogP contribution in [-0.4, -0.2) is 67.1 Å². The third-order valence-corrected chi connectivity index (χ3v) is 7.44. The summed E-state index contributed by atoms with van der Waals surface area (Å²) in [6.07, 6.45) is 0. The van der Waals surface area contributed by atoms with Crippen molar-refractivity contribution in [1.82, 2.24) is 19.9 Å². The van der Waals surface area contributed by atoms with E-state index in [1.54, 1.807) is 16.8 Å². The Morgan fingerprint density at radius 2 is 1.49 bits per heavy atom. The summed E-state index contributed by atoms with van der Waals surface area (Å²) in [6, 6.07) is 26.7. The molecule has 0 spiro atoms. The monoisotopic (exact) mass is 608 g/mol. The number of hydrogen-bond acceptors (Lipinski definition) is 8. The number of benzene rings is 4. The first-order valence-corrected chi connectivity index (χ1v) is 14.3. The van der Waals surface area contributed by atoms with Crippen molar-refractivity contribution in [1.29, 1.82) is 0 Å². The van der Waals surface area contributed by atoms with Crippen LogP contribution in [0.15, 0.2) is 91.0 Å². The summed E-state index contributed by atoms with van der Waals surface area (Å²) in [5.41, 5.74) is 4.25. The van der Waals surface area contributed by atoms with Gasteiger partial charge in [0.25, 0.3) is 5.91 Å². The first-order chi connectivity index (χ1) is 21.8. The van der Waals surface area contributed by atoms with Gasteiger partial charge in [0.1, 0.15) is 18.1 Å². The number of para-hydroxylation sites is 1. The molecule has 4 aromatic carbocycles. The van der Waals surface area contributed by atoms with Gasteiger partial charge in [-0.3, -0.25) is 9.59 Å². The highest BCUT2D eigenvalue weighted by molar-refractivity contribution is 5.98. The summed E-state index contributed by atoms with van der Waals surface area (Å²) in [5.74, 6) is 0.321. The van der Waals surface area contributed by atoms with E-state index in [0.717, 1.165) is 11.3 Å². The van der Waals surface area contributed by atoms with Crippen molar-refractivity contribution in [2.75, 3.05) is 45.6 Å². The van der Waals surface area contributed by atoms with Gasteiger partial charge in [-0.2, -0.15) is 0 Å². The highest BCUT2D eigenvalue weighted by Crippen LogP contribution is 2.41. The quantitative estimate of drug-likeness (QED) is 0.212. The molecule has 0 saturated heterocycles.